The van der Waals surface area contributed by atoms with Gasteiger partial charge in [-0.1, -0.05) is 29.3 Å². The van der Waals surface area contributed by atoms with Crippen LogP contribution in [0.3, 0.4) is 0 Å². The number of hydrazone groups is 1. The summed E-state index contributed by atoms with van der Waals surface area (Å²) in [6.45, 7) is 1.94. The van der Waals surface area contributed by atoms with Gasteiger partial charge in [-0.2, -0.15) is 14.9 Å². The number of halogens is 1. The summed E-state index contributed by atoms with van der Waals surface area (Å²) in [4.78, 5) is 26.8. The van der Waals surface area contributed by atoms with Crippen molar-refractivity contribution in [3.63, 3.8) is 0 Å². The van der Waals surface area contributed by atoms with Gasteiger partial charge in [0.15, 0.2) is 0 Å². The molecule has 0 radical (unpaired) electrons. The second-order valence-corrected chi connectivity index (χ2v) is 6.33. The van der Waals surface area contributed by atoms with Crippen molar-refractivity contribution in [3.8, 4) is 5.69 Å². The summed E-state index contributed by atoms with van der Waals surface area (Å²) in [5.74, 6) is 0.111. The van der Waals surface area contributed by atoms with Crippen molar-refractivity contribution in [1.82, 2.24) is 19.3 Å². The predicted molar refractivity (Wildman–Crippen MR) is 105 cm³/mol. The van der Waals surface area contributed by atoms with Crippen LogP contribution in [0.15, 0.2) is 46.6 Å². The van der Waals surface area contributed by atoms with Crippen LogP contribution in [0.1, 0.15) is 11.4 Å². The molecule has 0 fully saturated rings. The minimum Gasteiger partial charge on any atom is -0.358 e. The molecule has 10 nitrogen and oxygen atoms in total. The second kappa shape index (κ2) is 7.61. The summed E-state index contributed by atoms with van der Waals surface area (Å²) in [7, 11) is 3.08. The fraction of sp³-hybridized carbons (Fsp3) is 0.176. The van der Waals surface area contributed by atoms with E-state index in [1.54, 1.807) is 19.2 Å². The smallest absolute Gasteiger partial charge is 0.342 e. The molecular formula is C17H16ClN7O3. The first-order valence-electron chi connectivity index (χ1n) is 8.08. The van der Waals surface area contributed by atoms with E-state index in [0.29, 0.717) is 5.69 Å². The molecule has 0 spiro atoms. The molecule has 2 aromatic heterocycles. The van der Waals surface area contributed by atoms with Gasteiger partial charge >= 0.3 is 5.82 Å². The maximum atomic E-state index is 12.6. The number of anilines is 1. The van der Waals surface area contributed by atoms with E-state index in [2.05, 4.69) is 15.2 Å². The number of nitro groups is 1. The van der Waals surface area contributed by atoms with Crippen LogP contribution in [-0.4, -0.2) is 37.5 Å². The van der Waals surface area contributed by atoms with Crippen LogP contribution in [0.25, 0.3) is 5.69 Å². The number of nitrogens with zero attached hydrogens (tertiary/aromatic N) is 7. The van der Waals surface area contributed by atoms with Gasteiger partial charge in [0.2, 0.25) is 5.82 Å². The molecule has 3 rings (SSSR count). The highest BCUT2D eigenvalue weighted by Gasteiger charge is 2.16. The van der Waals surface area contributed by atoms with Gasteiger partial charge in [-0.25, -0.2) is 9.55 Å². The molecule has 144 valence electrons. The maximum Gasteiger partial charge on any atom is 0.342 e. The Labute approximate surface area is 164 Å². The van der Waals surface area contributed by atoms with Gasteiger partial charge in [0, 0.05) is 7.05 Å². The zero-order valence-corrected chi connectivity index (χ0v) is 16.0. The summed E-state index contributed by atoms with van der Waals surface area (Å²) < 4.78 is 2.48. The summed E-state index contributed by atoms with van der Waals surface area (Å²) >= 11 is 6.23. The summed E-state index contributed by atoms with van der Waals surface area (Å²) in [5, 5.41) is 20.5. The fourth-order valence-corrected chi connectivity index (χ4v) is 2.68. The summed E-state index contributed by atoms with van der Waals surface area (Å²) in [6.07, 6.45) is 3.88. The molecule has 0 N–H and O–H groups in total. The Balaban J connectivity index is 1.89. The van der Waals surface area contributed by atoms with Gasteiger partial charge in [0.05, 0.1) is 18.9 Å². The molecule has 2 heterocycles. The lowest BCUT2D eigenvalue weighted by Crippen LogP contribution is -2.24. The molecule has 1 aromatic carbocycles. The Hall–Kier alpha value is -3.53. The molecule has 11 heteroatoms. The van der Waals surface area contributed by atoms with Crippen molar-refractivity contribution in [2.45, 2.75) is 6.92 Å². The quantitative estimate of drug-likeness (QED) is 0.368. The molecule has 0 unspecified atom stereocenters. The maximum absolute atomic E-state index is 12.6. The highest BCUT2D eigenvalue weighted by Crippen LogP contribution is 2.21. The number of benzene rings is 1. The standard InChI is InChI=1S/C17H16ClN7O3/c1-11-4-6-12(7-5-11)24-17(26)16(18)13(8-21-24)23(3)20-9-14-19-10-15(22(14)2)25(27)28/h4-10H,1-3H3. The van der Waals surface area contributed by atoms with Crippen molar-refractivity contribution >= 4 is 29.3 Å². The Kier molecular flexibility index (Phi) is 5.23. The van der Waals surface area contributed by atoms with Crippen LogP contribution in [0, 0.1) is 17.0 Å². The van der Waals surface area contributed by atoms with Gasteiger partial charge in [0.1, 0.15) is 23.1 Å². The van der Waals surface area contributed by atoms with Crippen molar-refractivity contribution < 1.29 is 4.92 Å². The minimum absolute atomic E-state index is 0.0546. The highest BCUT2D eigenvalue weighted by atomic mass is 35.5. The lowest BCUT2D eigenvalue weighted by atomic mass is 10.2. The molecule has 0 aliphatic rings. The topological polar surface area (TPSA) is 111 Å². The molecule has 0 aliphatic heterocycles. The summed E-state index contributed by atoms with van der Waals surface area (Å²) in [5.41, 5.74) is 1.45. The number of aryl methyl sites for hydroxylation is 1. The van der Waals surface area contributed by atoms with Crippen LogP contribution in [0.5, 0.6) is 0 Å². The van der Waals surface area contributed by atoms with Gasteiger partial charge in [-0.05, 0) is 24.0 Å². The zero-order valence-electron chi connectivity index (χ0n) is 15.3. The van der Waals surface area contributed by atoms with Gasteiger partial charge in [-0.3, -0.25) is 9.80 Å². The molecule has 0 bridgehead atoms. The van der Waals surface area contributed by atoms with E-state index in [-0.39, 0.29) is 22.4 Å². The molecule has 3 aromatic rings. The average Bonchev–Trinajstić information content (AvgIpc) is 3.03. The number of hydrogen-bond donors (Lipinski definition) is 0. The highest BCUT2D eigenvalue weighted by molar-refractivity contribution is 6.33. The average molecular weight is 402 g/mol. The SMILES string of the molecule is Cc1ccc(-n2ncc(N(C)N=Cc3ncc([N+](=O)[O-])n3C)c(Cl)c2=O)cc1. The molecule has 0 amide bonds. The Bertz CT molecular complexity index is 1120. The molecule has 0 saturated carbocycles. The fourth-order valence-electron chi connectivity index (χ4n) is 2.42. The number of rotatable bonds is 5. The van der Waals surface area contributed by atoms with Crippen LogP contribution < -0.4 is 10.6 Å². The Morgan fingerprint density at radius 2 is 1.96 bits per heavy atom. The third-order valence-electron chi connectivity index (χ3n) is 4.06. The number of imidazole rings is 1. The first kappa shape index (κ1) is 19.2. The Morgan fingerprint density at radius 3 is 2.57 bits per heavy atom. The first-order chi connectivity index (χ1) is 13.3. The van der Waals surface area contributed by atoms with E-state index in [0.717, 1.165) is 11.8 Å². The van der Waals surface area contributed by atoms with Gasteiger partial charge in [-0.15, -0.1) is 0 Å². The first-order valence-corrected chi connectivity index (χ1v) is 8.46. The normalized spacial score (nSPS) is 11.1. The second-order valence-electron chi connectivity index (χ2n) is 5.96. The zero-order chi connectivity index (χ0) is 20.4. The largest absolute Gasteiger partial charge is 0.358 e. The molecule has 0 saturated heterocycles. The Morgan fingerprint density at radius 1 is 1.29 bits per heavy atom. The van der Waals surface area contributed by atoms with E-state index >= 15 is 0 Å². The van der Waals surface area contributed by atoms with E-state index < -0.39 is 10.5 Å². The number of aromatic nitrogens is 4. The van der Waals surface area contributed by atoms with E-state index in [9.17, 15) is 14.9 Å². The van der Waals surface area contributed by atoms with Crippen molar-refractivity contribution in [3.05, 3.63) is 73.5 Å². The predicted octanol–water partition coefficient (Wildman–Crippen LogP) is 2.31. The van der Waals surface area contributed by atoms with E-state index in [1.807, 2.05) is 19.1 Å². The third kappa shape index (κ3) is 3.62. The van der Waals surface area contributed by atoms with Crippen LogP contribution in [-0.2, 0) is 7.05 Å². The van der Waals surface area contributed by atoms with Gasteiger partial charge < -0.3 is 10.1 Å². The van der Waals surface area contributed by atoms with Crippen molar-refractivity contribution in [2.24, 2.45) is 12.1 Å². The molecule has 28 heavy (non-hydrogen) atoms. The van der Waals surface area contributed by atoms with Crippen LogP contribution >= 0.6 is 11.6 Å². The van der Waals surface area contributed by atoms with Crippen molar-refractivity contribution in [2.75, 3.05) is 12.1 Å². The lowest BCUT2D eigenvalue weighted by molar-refractivity contribution is -0.391. The van der Waals surface area contributed by atoms with Crippen LogP contribution in [0.4, 0.5) is 11.5 Å². The van der Waals surface area contributed by atoms with E-state index in [4.69, 9.17) is 11.6 Å². The van der Waals surface area contributed by atoms with E-state index in [1.165, 1.54) is 33.7 Å². The minimum atomic E-state index is -0.542. The number of hydrogen-bond acceptors (Lipinski definition) is 7. The van der Waals surface area contributed by atoms with Crippen molar-refractivity contribution in [1.29, 1.82) is 0 Å². The van der Waals surface area contributed by atoms with Crippen LogP contribution in [0.2, 0.25) is 5.02 Å². The molecule has 0 atom stereocenters. The molecular weight excluding hydrogens is 386 g/mol. The molecule has 0 aliphatic carbocycles. The van der Waals surface area contributed by atoms with Gasteiger partial charge in [0.25, 0.3) is 5.56 Å². The lowest BCUT2D eigenvalue weighted by Gasteiger charge is -2.14. The third-order valence-corrected chi connectivity index (χ3v) is 4.42. The monoisotopic (exact) mass is 401 g/mol. The summed E-state index contributed by atoms with van der Waals surface area (Å²) in [6, 6.07) is 7.28.